The molecule has 0 aromatic rings. The molecule has 2 aliphatic carbocycles. The minimum Gasteiger partial charge on any atom is -0.376 e. The molecule has 2 rings (SSSR count). The quantitative estimate of drug-likeness (QED) is 0.616. The molecule has 0 radical (unpaired) electrons. The highest BCUT2D eigenvalue weighted by Crippen LogP contribution is 2.61. The first-order valence-electron chi connectivity index (χ1n) is 5.25. The summed E-state index contributed by atoms with van der Waals surface area (Å²) in [6.45, 7) is 6.71. The van der Waals surface area contributed by atoms with E-state index in [1.54, 1.807) is 0 Å². The summed E-state index contributed by atoms with van der Waals surface area (Å²) >= 11 is 0. The van der Waals surface area contributed by atoms with Crippen LogP contribution in [0.15, 0.2) is 0 Å². The summed E-state index contributed by atoms with van der Waals surface area (Å²) < 4.78 is 5.83. The zero-order valence-electron chi connectivity index (χ0n) is 8.47. The molecule has 1 heteroatoms. The van der Waals surface area contributed by atoms with Gasteiger partial charge in [-0.2, -0.15) is 0 Å². The Balaban J connectivity index is 1.82. The molecule has 0 heterocycles. The van der Waals surface area contributed by atoms with Gasteiger partial charge in [0.05, 0.1) is 12.2 Å². The van der Waals surface area contributed by atoms with Gasteiger partial charge in [0.15, 0.2) is 0 Å². The van der Waals surface area contributed by atoms with E-state index in [0.29, 0.717) is 12.2 Å². The Hall–Kier alpha value is -0.0400. The highest BCUT2D eigenvalue weighted by atomic mass is 16.5. The maximum absolute atomic E-state index is 5.83. The van der Waals surface area contributed by atoms with Gasteiger partial charge in [0.2, 0.25) is 0 Å². The topological polar surface area (TPSA) is 9.23 Å². The second kappa shape index (κ2) is 2.73. The standard InChI is InChI=1S/C11H20O/c1-8(2)12-10-4-5-11(3)7-9(11)6-10/h8-10H,4-7H2,1-3H3/t9-,10-,11+/m0/s1. The summed E-state index contributed by atoms with van der Waals surface area (Å²) in [5.41, 5.74) is 0.733. The third-order valence-corrected chi connectivity index (χ3v) is 3.59. The molecule has 0 bridgehead atoms. The lowest BCUT2D eigenvalue weighted by atomic mass is 9.88. The van der Waals surface area contributed by atoms with Crippen LogP contribution in [-0.4, -0.2) is 12.2 Å². The van der Waals surface area contributed by atoms with Crippen molar-refractivity contribution >= 4 is 0 Å². The van der Waals surface area contributed by atoms with Crippen molar-refractivity contribution in [2.75, 3.05) is 0 Å². The second-order valence-electron chi connectivity index (χ2n) is 5.14. The predicted octanol–water partition coefficient (Wildman–Crippen LogP) is 2.99. The predicted molar refractivity (Wildman–Crippen MR) is 50.1 cm³/mol. The summed E-state index contributed by atoms with van der Waals surface area (Å²) in [5, 5.41) is 0. The molecule has 0 spiro atoms. The summed E-state index contributed by atoms with van der Waals surface area (Å²) in [4.78, 5) is 0. The van der Waals surface area contributed by atoms with E-state index < -0.39 is 0 Å². The van der Waals surface area contributed by atoms with Crippen molar-refractivity contribution in [2.45, 2.75) is 58.7 Å². The molecule has 1 nitrogen and oxygen atoms in total. The molecule has 0 aromatic carbocycles. The minimum atomic E-state index is 0.415. The molecular weight excluding hydrogens is 148 g/mol. The molecule has 0 unspecified atom stereocenters. The van der Waals surface area contributed by atoms with Crippen LogP contribution < -0.4 is 0 Å². The molecule has 0 aliphatic heterocycles. The van der Waals surface area contributed by atoms with Crippen molar-refractivity contribution in [3.63, 3.8) is 0 Å². The van der Waals surface area contributed by atoms with Crippen LogP contribution in [0.5, 0.6) is 0 Å². The van der Waals surface area contributed by atoms with Crippen molar-refractivity contribution in [1.29, 1.82) is 0 Å². The SMILES string of the molecule is CC(C)O[C@H]1CC[C@]2(C)C[C@@H]2C1. The van der Waals surface area contributed by atoms with E-state index in [0.717, 1.165) is 11.3 Å². The van der Waals surface area contributed by atoms with Gasteiger partial charge < -0.3 is 4.74 Å². The average Bonchev–Trinajstić information content (AvgIpc) is 2.59. The fourth-order valence-corrected chi connectivity index (χ4v) is 2.61. The summed E-state index contributed by atoms with van der Waals surface area (Å²) in [6.07, 6.45) is 6.48. The number of hydrogen-bond acceptors (Lipinski definition) is 1. The molecular formula is C11H20O. The lowest BCUT2D eigenvalue weighted by Crippen LogP contribution is -2.24. The Bertz CT molecular complexity index is 176. The second-order valence-corrected chi connectivity index (χ2v) is 5.14. The minimum absolute atomic E-state index is 0.415. The maximum Gasteiger partial charge on any atom is 0.0581 e. The third-order valence-electron chi connectivity index (χ3n) is 3.59. The van der Waals surface area contributed by atoms with Crippen LogP contribution in [0, 0.1) is 11.3 Å². The van der Waals surface area contributed by atoms with Gasteiger partial charge in [0, 0.05) is 0 Å². The lowest BCUT2D eigenvalue weighted by Gasteiger charge is -2.27. The van der Waals surface area contributed by atoms with Crippen molar-refractivity contribution < 1.29 is 4.74 Å². The van der Waals surface area contributed by atoms with Crippen LogP contribution in [0.25, 0.3) is 0 Å². The fourth-order valence-electron chi connectivity index (χ4n) is 2.61. The van der Waals surface area contributed by atoms with Gasteiger partial charge in [-0.05, 0) is 50.9 Å². The molecule has 3 atom stereocenters. The number of fused-ring (bicyclic) bond motifs is 1. The van der Waals surface area contributed by atoms with Gasteiger partial charge >= 0.3 is 0 Å². The molecule has 70 valence electrons. The maximum atomic E-state index is 5.83. The van der Waals surface area contributed by atoms with Gasteiger partial charge in [-0.3, -0.25) is 0 Å². The third kappa shape index (κ3) is 1.52. The Labute approximate surface area is 75.5 Å². The zero-order valence-corrected chi connectivity index (χ0v) is 8.47. The molecule has 2 aliphatic rings. The normalized spacial score (nSPS) is 46.0. The van der Waals surface area contributed by atoms with Gasteiger partial charge in [-0.1, -0.05) is 6.92 Å². The highest BCUT2D eigenvalue weighted by molar-refractivity contribution is 5.03. The van der Waals surface area contributed by atoms with E-state index in [-0.39, 0.29) is 0 Å². The number of hydrogen-bond donors (Lipinski definition) is 0. The van der Waals surface area contributed by atoms with Crippen molar-refractivity contribution in [3.8, 4) is 0 Å². The van der Waals surface area contributed by atoms with Crippen LogP contribution >= 0.6 is 0 Å². The lowest BCUT2D eigenvalue weighted by molar-refractivity contribution is -0.0198. The largest absolute Gasteiger partial charge is 0.376 e. The van der Waals surface area contributed by atoms with E-state index in [9.17, 15) is 0 Å². The summed E-state index contributed by atoms with van der Waals surface area (Å²) in [6, 6.07) is 0. The van der Waals surface area contributed by atoms with E-state index in [4.69, 9.17) is 4.74 Å². The molecule has 0 amide bonds. The van der Waals surface area contributed by atoms with Crippen LogP contribution in [0.4, 0.5) is 0 Å². The van der Waals surface area contributed by atoms with E-state index in [1.165, 1.54) is 25.7 Å². The molecule has 0 saturated heterocycles. The van der Waals surface area contributed by atoms with Gasteiger partial charge in [-0.15, -0.1) is 0 Å². The molecule has 2 fully saturated rings. The average molecular weight is 168 g/mol. The van der Waals surface area contributed by atoms with E-state index >= 15 is 0 Å². The van der Waals surface area contributed by atoms with Crippen molar-refractivity contribution in [3.05, 3.63) is 0 Å². The van der Waals surface area contributed by atoms with Crippen LogP contribution in [0.2, 0.25) is 0 Å². The molecule has 0 N–H and O–H groups in total. The molecule has 12 heavy (non-hydrogen) atoms. The van der Waals surface area contributed by atoms with Crippen molar-refractivity contribution in [1.82, 2.24) is 0 Å². The highest BCUT2D eigenvalue weighted by Gasteiger charge is 2.53. The Kier molecular flexibility index (Phi) is 1.95. The Morgan fingerprint density at radius 1 is 1.42 bits per heavy atom. The number of ether oxygens (including phenoxy) is 1. The van der Waals surface area contributed by atoms with Gasteiger partial charge in [-0.25, -0.2) is 0 Å². The van der Waals surface area contributed by atoms with E-state index in [2.05, 4.69) is 20.8 Å². The first-order valence-corrected chi connectivity index (χ1v) is 5.25. The van der Waals surface area contributed by atoms with Crippen LogP contribution in [0.1, 0.15) is 46.5 Å². The Morgan fingerprint density at radius 3 is 2.75 bits per heavy atom. The Morgan fingerprint density at radius 2 is 2.17 bits per heavy atom. The number of rotatable bonds is 2. The van der Waals surface area contributed by atoms with Crippen LogP contribution in [-0.2, 0) is 4.74 Å². The van der Waals surface area contributed by atoms with Gasteiger partial charge in [0.25, 0.3) is 0 Å². The monoisotopic (exact) mass is 168 g/mol. The summed E-state index contributed by atoms with van der Waals surface area (Å²) in [7, 11) is 0. The zero-order chi connectivity index (χ0) is 8.77. The molecule has 0 aromatic heterocycles. The van der Waals surface area contributed by atoms with E-state index in [1.807, 2.05) is 0 Å². The summed E-state index contributed by atoms with van der Waals surface area (Å²) in [5.74, 6) is 0.995. The van der Waals surface area contributed by atoms with Crippen LogP contribution in [0.3, 0.4) is 0 Å². The fraction of sp³-hybridized carbons (Fsp3) is 1.00. The van der Waals surface area contributed by atoms with Crippen molar-refractivity contribution in [2.24, 2.45) is 11.3 Å². The smallest absolute Gasteiger partial charge is 0.0581 e. The first kappa shape index (κ1) is 8.55. The molecule has 2 saturated carbocycles. The first-order chi connectivity index (χ1) is 5.60. The van der Waals surface area contributed by atoms with Gasteiger partial charge in [0.1, 0.15) is 0 Å².